The van der Waals surface area contributed by atoms with E-state index >= 15 is 0 Å². The van der Waals surface area contributed by atoms with Crippen molar-refractivity contribution in [1.29, 1.82) is 0 Å². The first-order chi connectivity index (χ1) is 8.14. The molecule has 5 unspecified atom stereocenters. The van der Waals surface area contributed by atoms with Crippen LogP contribution in [0.5, 0.6) is 0 Å². The van der Waals surface area contributed by atoms with Crippen molar-refractivity contribution in [1.82, 2.24) is 0 Å². The molecule has 0 saturated heterocycles. The van der Waals surface area contributed by atoms with Crippen LogP contribution >= 0.6 is 0 Å². The number of alkyl halides is 3. The summed E-state index contributed by atoms with van der Waals surface area (Å²) < 4.78 is 38.4. The highest BCUT2D eigenvalue weighted by atomic mass is 19.4. The summed E-state index contributed by atoms with van der Waals surface area (Å²) in [6, 6.07) is 0. The minimum absolute atomic E-state index is 0.217. The minimum Gasteiger partial charge on any atom is -0.171 e. The van der Waals surface area contributed by atoms with E-state index in [-0.39, 0.29) is 5.92 Å². The van der Waals surface area contributed by atoms with E-state index in [9.17, 15) is 13.2 Å². The van der Waals surface area contributed by atoms with Crippen molar-refractivity contribution in [2.24, 2.45) is 35.5 Å². The van der Waals surface area contributed by atoms with E-state index in [4.69, 9.17) is 0 Å². The molecule has 1 fully saturated rings. The summed E-state index contributed by atoms with van der Waals surface area (Å²) in [7, 11) is 0. The van der Waals surface area contributed by atoms with Gasteiger partial charge in [0.2, 0.25) is 0 Å². The van der Waals surface area contributed by atoms with Crippen LogP contribution in [0.15, 0.2) is 0 Å². The molecule has 1 rings (SSSR count). The Balaban J connectivity index is 2.61. The smallest absolute Gasteiger partial charge is 0.171 e. The van der Waals surface area contributed by atoms with Crippen LogP contribution in [0.25, 0.3) is 0 Å². The summed E-state index contributed by atoms with van der Waals surface area (Å²) in [5.74, 6) is 0.902. The van der Waals surface area contributed by atoms with Crippen LogP contribution in [-0.4, -0.2) is 6.18 Å². The van der Waals surface area contributed by atoms with Gasteiger partial charge in [-0.1, -0.05) is 34.6 Å². The van der Waals surface area contributed by atoms with Crippen molar-refractivity contribution >= 4 is 0 Å². The Kier molecular flexibility index (Phi) is 5.13. The zero-order chi connectivity index (χ0) is 14.1. The molecule has 0 heterocycles. The summed E-state index contributed by atoms with van der Waals surface area (Å²) in [6.07, 6.45) is -2.20. The van der Waals surface area contributed by atoms with E-state index in [1.54, 1.807) is 6.92 Å². The van der Waals surface area contributed by atoms with Gasteiger partial charge in [-0.05, 0) is 48.9 Å². The van der Waals surface area contributed by atoms with Gasteiger partial charge in [0.15, 0.2) is 0 Å². The van der Waals surface area contributed by atoms with Gasteiger partial charge in [0.25, 0.3) is 0 Å². The van der Waals surface area contributed by atoms with Gasteiger partial charge in [-0.15, -0.1) is 0 Å². The van der Waals surface area contributed by atoms with Gasteiger partial charge in [0, 0.05) is 0 Å². The zero-order valence-electron chi connectivity index (χ0n) is 12.2. The van der Waals surface area contributed by atoms with E-state index in [0.29, 0.717) is 30.1 Å². The quantitative estimate of drug-likeness (QED) is 0.628. The Labute approximate surface area is 109 Å². The van der Waals surface area contributed by atoms with Crippen molar-refractivity contribution in [2.75, 3.05) is 0 Å². The van der Waals surface area contributed by atoms with E-state index < -0.39 is 12.1 Å². The number of hydrogen-bond acceptors (Lipinski definition) is 0. The molecule has 0 aromatic rings. The van der Waals surface area contributed by atoms with Crippen molar-refractivity contribution in [3.63, 3.8) is 0 Å². The molecule has 3 heteroatoms. The Morgan fingerprint density at radius 1 is 1.00 bits per heavy atom. The van der Waals surface area contributed by atoms with Crippen molar-refractivity contribution in [3.05, 3.63) is 0 Å². The van der Waals surface area contributed by atoms with E-state index in [1.807, 2.05) is 0 Å². The highest BCUT2D eigenvalue weighted by Gasteiger charge is 2.46. The standard InChI is InChI=1S/C15H27F3/c1-9(2)11(4)12(5)13-6-7-14(10(3)8-13)15(16,17)18/h9-14H,6-8H2,1-5H3. The molecule has 0 spiro atoms. The van der Waals surface area contributed by atoms with Gasteiger partial charge in [0.05, 0.1) is 5.92 Å². The van der Waals surface area contributed by atoms with Gasteiger partial charge in [-0.25, -0.2) is 0 Å². The molecule has 0 amide bonds. The topological polar surface area (TPSA) is 0 Å². The van der Waals surface area contributed by atoms with Crippen LogP contribution < -0.4 is 0 Å². The van der Waals surface area contributed by atoms with Crippen molar-refractivity contribution in [3.8, 4) is 0 Å². The third-order valence-electron chi connectivity index (χ3n) is 5.25. The van der Waals surface area contributed by atoms with Gasteiger partial charge < -0.3 is 0 Å². The first-order valence-electron chi connectivity index (χ1n) is 7.21. The molecule has 0 aliphatic heterocycles. The fraction of sp³-hybridized carbons (Fsp3) is 1.00. The fourth-order valence-electron chi connectivity index (χ4n) is 3.44. The Morgan fingerprint density at radius 2 is 1.56 bits per heavy atom. The molecule has 18 heavy (non-hydrogen) atoms. The lowest BCUT2D eigenvalue weighted by molar-refractivity contribution is -0.198. The zero-order valence-corrected chi connectivity index (χ0v) is 12.2. The van der Waals surface area contributed by atoms with Gasteiger partial charge in [0.1, 0.15) is 0 Å². The maximum absolute atomic E-state index is 12.8. The monoisotopic (exact) mass is 264 g/mol. The van der Waals surface area contributed by atoms with Crippen molar-refractivity contribution in [2.45, 2.75) is 60.1 Å². The van der Waals surface area contributed by atoms with Gasteiger partial charge >= 0.3 is 6.18 Å². The average molecular weight is 264 g/mol. The van der Waals surface area contributed by atoms with Crippen LogP contribution in [0.4, 0.5) is 13.2 Å². The van der Waals surface area contributed by atoms with Crippen LogP contribution in [0.2, 0.25) is 0 Å². The molecule has 5 atom stereocenters. The summed E-state index contributed by atoms with van der Waals surface area (Å²) in [5.41, 5.74) is 0. The molecular weight excluding hydrogens is 237 g/mol. The molecule has 0 bridgehead atoms. The third-order valence-corrected chi connectivity index (χ3v) is 5.25. The highest BCUT2D eigenvalue weighted by Crippen LogP contribution is 2.46. The SMILES string of the molecule is CC(C)C(C)C(C)C1CCC(C(F)(F)F)C(C)C1. The molecule has 1 aliphatic carbocycles. The normalized spacial score (nSPS) is 33.5. The highest BCUT2D eigenvalue weighted by molar-refractivity contribution is 4.85. The lowest BCUT2D eigenvalue weighted by atomic mass is 9.67. The lowest BCUT2D eigenvalue weighted by Gasteiger charge is -2.40. The van der Waals surface area contributed by atoms with E-state index in [0.717, 1.165) is 12.8 Å². The molecule has 1 saturated carbocycles. The molecule has 108 valence electrons. The third kappa shape index (κ3) is 3.64. The van der Waals surface area contributed by atoms with Crippen LogP contribution in [0.1, 0.15) is 53.9 Å². The van der Waals surface area contributed by atoms with Crippen molar-refractivity contribution < 1.29 is 13.2 Å². The molecule has 0 aromatic heterocycles. The van der Waals surface area contributed by atoms with E-state index in [1.165, 1.54) is 0 Å². The maximum atomic E-state index is 12.8. The molecule has 0 aromatic carbocycles. The molecular formula is C15H27F3. The van der Waals surface area contributed by atoms with E-state index in [2.05, 4.69) is 27.7 Å². The van der Waals surface area contributed by atoms with Crippen LogP contribution in [0, 0.1) is 35.5 Å². The maximum Gasteiger partial charge on any atom is 0.392 e. The summed E-state index contributed by atoms with van der Waals surface area (Å²) in [4.78, 5) is 0. The van der Waals surface area contributed by atoms with Gasteiger partial charge in [-0.3, -0.25) is 0 Å². The fourth-order valence-corrected chi connectivity index (χ4v) is 3.44. The average Bonchev–Trinajstić information content (AvgIpc) is 2.24. The second kappa shape index (κ2) is 5.83. The minimum atomic E-state index is -4.00. The first kappa shape index (κ1) is 15.8. The second-order valence-corrected chi connectivity index (χ2v) is 6.66. The number of hydrogen-bond donors (Lipinski definition) is 0. The number of halogens is 3. The second-order valence-electron chi connectivity index (χ2n) is 6.66. The largest absolute Gasteiger partial charge is 0.392 e. The first-order valence-corrected chi connectivity index (χ1v) is 7.21. The molecule has 0 radical (unpaired) electrons. The predicted molar refractivity (Wildman–Crippen MR) is 69.2 cm³/mol. The van der Waals surface area contributed by atoms with Crippen LogP contribution in [-0.2, 0) is 0 Å². The molecule has 0 nitrogen and oxygen atoms in total. The summed E-state index contributed by atoms with van der Waals surface area (Å²) in [6.45, 7) is 10.6. The lowest BCUT2D eigenvalue weighted by Crippen LogP contribution is -2.37. The molecule has 1 aliphatic rings. The van der Waals surface area contributed by atoms with Crippen LogP contribution in [0.3, 0.4) is 0 Å². The predicted octanol–water partition coefficient (Wildman–Crippen LogP) is 5.53. The summed E-state index contributed by atoms with van der Waals surface area (Å²) in [5, 5.41) is 0. The Bertz CT molecular complexity index is 257. The Morgan fingerprint density at radius 3 is 1.94 bits per heavy atom. The summed E-state index contributed by atoms with van der Waals surface area (Å²) >= 11 is 0. The Hall–Kier alpha value is -0.210. The number of rotatable bonds is 3. The molecule has 0 N–H and O–H groups in total. The van der Waals surface area contributed by atoms with Gasteiger partial charge in [-0.2, -0.15) is 13.2 Å².